The number of halogens is 1. The second kappa shape index (κ2) is 7.74. The lowest BCUT2D eigenvalue weighted by Crippen LogP contribution is -2.44. The van der Waals surface area contributed by atoms with Gasteiger partial charge in [0.1, 0.15) is 17.6 Å². The highest BCUT2D eigenvalue weighted by molar-refractivity contribution is 6.48. The van der Waals surface area contributed by atoms with Crippen LogP contribution in [0.5, 0.6) is 0 Å². The van der Waals surface area contributed by atoms with Crippen LogP contribution in [0.1, 0.15) is 6.92 Å². The molecular weight excluding hydrogens is 393 g/mol. The Morgan fingerprint density at radius 3 is 2.74 bits per heavy atom. The van der Waals surface area contributed by atoms with Gasteiger partial charge < -0.3 is 15.1 Å². The fraction of sp³-hybridized carbons (Fsp3) is 0.250. The molecule has 0 unspecified atom stereocenters. The van der Waals surface area contributed by atoms with Gasteiger partial charge in [-0.1, -0.05) is 12.1 Å². The van der Waals surface area contributed by atoms with Crippen LogP contribution < -0.4 is 10.2 Å². The molecular formula is C24H23FN5O. The average molecular weight is 416 g/mol. The number of aliphatic imine (C=N–C) groups is 1. The second-order valence-electron chi connectivity index (χ2n) is 8.08. The Hall–Kier alpha value is -3.32. The van der Waals surface area contributed by atoms with Crippen LogP contribution >= 0.6 is 0 Å². The molecule has 1 saturated heterocycles. The number of allylic oxidation sites excluding steroid dienone is 2. The van der Waals surface area contributed by atoms with Crippen LogP contribution in [0.2, 0.25) is 0 Å². The van der Waals surface area contributed by atoms with Gasteiger partial charge in [-0.15, -0.1) is 0 Å². The largest absolute Gasteiger partial charge is 0.367 e. The summed E-state index contributed by atoms with van der Waals surface area (Å²) in [6.45, 7) is 5.59. The lowest BCUT2D eigenvalue weighted by Gasteiger charge is -2.34. The number of pyridine rings is 1. The summed E-state index contributed by atoms with van der Waals surface area (Å²) in [4.78, 5) is 26.5. The predicted octanol–water partition coefficient (Wildman–Crippen LogP) is 3.65. The van der Waals surface area contributed by atoms with Gasteiger partial charge in [-0.2, -0.15) is 0 Å². The summed E-state index contributed by atoms with van der Waals surface area (Å²) in [5.41, 5.74) is 4.00. The van der Waals surface area contributed by atoms with E-state index < -0.39 is 0 Å². The Kier molecular flexibility index (Phi) is 4.90. The number of aromatic nitrogens is 1. The highest BCUT2D eigenvalue weighted by Crippen LogP contribution is 2.38. The van der Waals surface area contributed by atoms with Crippen molar-refractivity contribution in [2.75, 3.05) is 43.4 Å². The molecule has 1 radical (unpaired) electrons. The van der Waals surface area contributed by atoms with Gasteiger partial charge in [-0.3, -0.25) is 14.8 Å². The van der Waals surface area contributed by atoms with Crippen LogP contribution in [0.3, 0.4) is 0 Å². The predicted molar refractivity (Wildman–Crippen MR) is 122 cm³/mol. The second-order valence-corrected chi connectivity index (χ2v) is 8.08. The van der Waals surface area contributed by atoms with E-state index >= 15 is 0 Å². The number of anilines is 2. The highest BCUT2D eigenvalue weighted by atomic mass is 19.1. The average Bonchev–Trinajstić information content (AvgIpc) is 3.24. The van der Waals surface area contributed by atoms with E-state index in [9.17, 15) is 9.18 Å². The smallest absolute Gasteiger partial charge is 0.273 e. The molecule has 5 rings (SSSR count). The van der Waals surface area contributed by atoms with Crippen molar-refractivity contribution in [1.82, 2.24) is 9.88 Å². The standard InChI is InChI=1S/C24H23FN5O/c1-15-5-6-19(25)18-14-20(28-22(15)18)24(31)27-17-12-16-4-3-7-26-23(16)21(13-17)30-10-8-29(2)9-11-30/h3-7,12-14H,8-11H2,1-2H3,(H,27,31). The van der Waals surface area contributed by atoms with E-state index in [2.05, 4.69) is 32.1 Å². The maximum atomic E-state index is 14.1. The zero-order valence-electron chi connectivity index (χ0n) is 17.5. The van der Waals surface area contributed by atoms with Crippen LogP contribution in [-0.4, -0.2) is 54.7 Å². The first kappa shape index (κ1) is 19.6. The number of hydrogen-bond acceptors (Lipinski definition) is 5. The summed E-state index contributed by atoms with van der Waals surface area (Å²) >= 11 is 0. The molecule has 0 bridgehead atoms. The summed E-state index contributed by atoms with van der Waals surface area (Å²) < 4.78 is 14.1. The maximum absolute atomic E-state index is 14.1. The molecule has 6 nitrogen and oxygen atoms in total. The molecule has 1 aromatic heterocycles. The van der Waals surface area contributed by atoms with Crippen molar-refractivity contribution >= 4 is 33.9 Å². The lowest BCUT2D eigenvalue weighted by molar-refractivity contribution is -0.110. The molecule has 3 heterocycles. The van der Waals surface area contributed by atoms with Gasteiger partial charge in [0.25, 0.3) is 5.91 Å². The molecule has 0 atom stereocenters. The molecule has 2 aliphatic heterocycles. The molecule has 3 aliphatic rings. The Bertz CT molecular complexity index is 1190. The van der Waals surface area contributed by atoms with Crippen molar-refractivity contribution < 1.29 is 9.18 Å². The molecule has 1 fully saturated rings. The normalized spacial score (nSPS) is 19.5. The first-order valence-electron chi connectivity index (χ1n) is 10.4. The number of nitrogens with zero attached hydrogens (tertiary/aromatic N) is 4. The van der Waals surface area contributed by atoms with Gasteiger partial charge in [0.2, 0.25) is 0 Å². The number of carbonyl (C=O) groups is 1. The van der Waals surface area contributed by atoms with E-state index in [0.717, 1.165) is 48.3 Å². The molecule has 0 spiro atoms. The van der Waals surface area contributed by atoms with Crippen molar-refractivity contribution in [3.63, 3.8) is 0 Å². The molecule has 0 saturated carbocycles. The number of rotatable bonds is 3. The van der Waals surface area contributed by atoms with Gasteiger partial charge >= 0.3 is 0 Å². The number of amides is 1. The molecule has 2 aromatic rings. The molecule has 7 heteroatoms. The zero-order chi connectivity index (χ0) is 21.5. The van der Waals surface area contributed by atoms with Crippen LogP contribution in [0.15, 0.2) is 70.7 Å². The van der Waals surface area contributed by atoms with Crippen LogP contribution in [0.25, 0.3) is 10.9 Å². The minimum absolute atomic E-state index is 0.204. The zero-order valence-corrected chi connectivity index (χ0v) is 17.5. The van der Waals surface area contributed by atoms with Crippen molar-refractivity contribution in [2.24, 2.45) is 4.99 Å². The Labute approximate surface area is 180 Å². The SMILES string of the molecule is CC1=CC=C(F)C2=CC(C(=O)Nc3cc(N4CCN(C)CC4)c4ncccc4c3)=N[C]12. The van der Waals surface area contributed by atoms with E-state index in [-0.39, 0.29) is 17.4 Å². The van der Waals surface area contributed by atoms with Gasteiger partial charge in [0.15, 0.2) is 0 Å². The summed E-state index contributed by atoms with van der Waals surface area (Å²) in [5.74, 6) is -0.733. The number of benzene rings is 1. The quantitative estimate of drug-likeness (QED) is 0.830. The molecule has 1 amide bonds. The molecule has 31 heavy (non-hydrogen) atoms. The Balaban J connectivity index is 1.45. The van der Waals surface area contributed by atoms with Crippen LogP contribution in [0.4, 0.5) is 15.8 Å². The van der Waals surface area contributed by atoms with E-state index in [4.69, 9.17) is 0 Å². The van der Waals surface area contributed by atoms with Crippen LogP contribution in [0, 0.1) is 6.04 Å². The van der Waals surface area contributed by atoms with E-state index in [1.807, 2.05) is 31.2 Å². The van der Waals surface area contributed by atoms with Gasteiger partial charge in [-0.25, -0.2) is 4.39 Å². The van der Waals surface area contributed by atoms with Crippen molar-refractivity contribution in [2.45, 2.75) is 6.92 Å². The van der Waals surface area contributed by atoms with E-state index in [1.54, 1.807) is 12.3 Å². The Morgan fingerprint density at radius 2 is 1.97 bits per heavy atom. The van der Waals surface area contributed by atoms with Gasteiger partial charge in [-0.05, 0) is 49.9 Å². The minimum atomic E-state index is -0.374. The van der Waals surface area contributed by atoms with Gasteiger partial charge in [0.05, 0.1) is 11.2 Å². The third-order valence-corrected chi connectivity index (χ3v) is 5.90. The number of likely N-dealkylation sites (N-methyl/N-ethyl adjacent to an activating group) is 1. The number of fused-ring (bicyclic) bond motifs is 2. The van der Waals surface area contributed by atoms with Crippen molar-refractivity contribution in [1.29, 1.82) is 0 Å². The maximum Gasteiger partial charge on any atom is 0.273 e. The summed E-state index contributed by atoms with van der Waals surface area (Å²) in [6, 6.07) is 8.27. The Morgan fingerprint density at radius 1 is 1.16 bits per heavy atom. The number of carbonyl (C=O) groups excluding carboxylic acids is 1. The molecule has 157 valence electrons. The van der Waals surface area contributed by atoms with Crippen molar-refractivity contribution in [3.8, 4) is 0 Å². The summed E-state index contributed by atoms with van der Waals surface area (Å²) in [6.07, 6.45) is 6.37. The van der Waals surface area contributed by atoms with Crippen molar-refractivity contribution in [3.05, 3.63) is 71.7 Å². The third-order valence-electron chi connectivity index (χ3n) is 5.90. The highest BCUT2D eigenvalue weighted by Gasteiger charge is 2.31. The number of hydrogen-bond donors (Lipinski definition) is 1. The first-order chi connectivity index (χ1) is 15.0. The number of piperazine rings is 1. The first-order valence-corrected chi connectivity index (χ1v) is 10.4. The lowest BCUT2D eigenvalue weighted by atomic mass is 9.96. The fourth-order valence-electron chi connectivity index (χ4n) is 4.11. The van der Waals surface area contributed by atoms with E-state index in [0.29, 0.717) is 17.3 Å². The molecule has 1 N–H and O–H groups in total. The third kappa shape index (κ3) is 3.65. The molecule has 1 aliphatic carbocycles. The fourth-order valence-corrected chi connectivity index (χ4v) is 4.11. The van der Waals surface area contributed by atoms with Gasteiger partial charge in [0, 0.05) is 49.0 Å². The summed E-state index contributed by atoms with van der Waals surface area (Å²) in [5, 5.41) is 3.91. The van der Waals surface area contributed by atoms with E-state index in [1.165, 1.54) is 12.2 Å². The molecule has 1 aromatic carbocycles. The topological polar surface area (TPSA) is 60.8 Å². The minimum Gasteiger partial charge on any atom is -0.367 e. The number of nitrogens with one attached hydrogen (secondary N) is 1. The monoisotopic (exact) mass is 416 g/mol. The van der Waals surface area contributed by atoms with Crippen LogP contribution in [-0.2, 0) is 4.79 Å². The summed E-state index contributed by atoms with van der Waals surface area (Å²) in [7, 11) is 2.12.